The summed E-state index contributed by atoms with van der Waals surface area (Å²) in [7, 11) is -0.168. The fraction of sp³-hybridized carbons (Fsp3) is 0.333. The molecule has 0 N–H and O–H groups in total. The zero-order valence-corrected chi connectivity index (χ0v) is 15.6. The third kappa shape index (κ3) is 6.85. The van der Waals surface area contributed by atoms with Gasteiger partial charge in [-0.25, -0.2) is 0 Å². The van der Waals surface area contributed by atoms with Gasteiger partial charge in [0.25, 0.3) is 0 Å². The second-order valence-corrected chi connectivity index (χ2v) is 7.32. The molecule has 0 atom stereocenters. The molecule has 0 amide bonds. The second kappa shape index (κ2) is 10.9. The smallest absolute Gasteiger partial charge is 0.491 e. The first-order valence-corrected chi connectivity index (χ1v) is 9.65. The van der Waals surface area contributed by atoms with Crippen molar-refractivity contribution in [2.24, 2.45) is 0 Å². The molecule has 0 unspecified atom stereocenters. The van der Waals surface area contributed by atoms with Gasteiger partial charge in [0, 0.05) is 14.2 Å². The molecule has 2 rings (SSSR count). The zero-order valence-electron chi connectivity index (χ0n) is 14.6. The standard InChI is InChI=1S/C18H24O6Si/c1-19-25(20-2,23-15-13-21-17-9-5-3-6-10-17)24-16-14-22-18-11-7-4-8-12-18/h3-12H,13-16H2,1-2H3. The summed E-state index contributed by atoms with van der Waals surface area (Å²) in [6, 6.07) is 19.0. The minimum Gasteiger partial charge on any atom is -0.491 e. The lowest BCUT2D eigenvalue weighted by Crippen LogP contribution is -2.49. The van der Waals surface area contributed by atoms with Crippen LogP contribution < -0.4 is 9.47 Å². The Balaban J connectivity index is 1.69. The van der Waals surface area contributed by atoms with Crippen molar-refractivity contribution in [3.05, 3.63) is 60.7 Å². The number of hydrogen-bond acceptors (Lipinski definition) is 6. The van der Waals surface area contributed by atoms with Gasteiger partial charge in [0.2, 0.25) is 0 Å². The Kier molecular flexibility index (Phi) is 8.43. The minimum atomic E-state index is -3.18. The second-order valence-electron chi connectivity index (χ2n) is 4.93. The van der Waals surface area contributed by atoms with Crippen LogP contribution in [0.15, 0.2) is 60.7 Å². The Morgan fingerprint density at radius 2 is 1.00 bits per heavy atom. The molecule has 0 aliphatic heterocycles. The number of ether oxygens (including phenoxy) is 2. The topological polar surface area (TPSA) is 55.4 Å². The Bertz CT molecular complexity index is 527. The summed E-state index contributed by atoms with van der Waals surface area (Å²) in [5.41, 5.74) is 0. The maximum Gasteiger partial charge on any atom is 0.679 e. The van der Waals surface area contributed by atoms with Crippen LogP contribution in [0.5, 0.6) is 11.5 Å². The van der Waals surface area contributed by atoms with E-state index < -0.39 is 9.05 Å². The first-order chi connectivity index (χ1) is 12.3. The highest BCUT2D eigenvalue weighted by Crippen LogP contribution is 2.12. The maximum absolute atomic E-state index is 5.69. The maximum atomic E-state index is 5.69. The van der Waals surface area contributed by atoms with Gasteiger partial charge in [-0.1, -0.05) is 36.4 Å². The van der Waals surface area contributed by atoms with E-state index in [2.05, 4.69) is 0 Å². The van der Waals surface area contributed by atoms with E-state index in [0.717, 1.165) is 11.5 Å². The fourth-order valence-electron chi connectivity index (χ4n) is 2.05. The first-order valence-electron chi connectivity index (χ1n) is 8.02. The van der Waals surface area contributed by atoms with E-state index in [1.807, 2.05) is 60.7 Å². The predicted molar refractivity (Wildman–Crippen MR) is 95.6 cm³/mol. The molecular formula is C18H24O6Si. The molecule has 0 saturated heterocycles. The summed E-state index contributed by atoms with van der Waals surface area (Å²) in [5, 5.41) is 0. The van der Waals surface area contributed by atoms with Gasteiger partial charge < -0.3 is 27.2 Å². The highest BCUT2D eigenvalue weighted by molar-refractivity contribution is 6.53. The first kappa shape index (κ1) is 19.4. The van der Waals surface area contributed by atoms with Crippen molar-refractivity contribution in [2.45, 2.75) is 0 Å². The van der Waals surface area contributed by atoms with Crippen molar-refractivity contribution < 1.29 is 27.2 Å². The molecule has 2 aromatic carbocycles. The van der Waals surface area contributed by atoms with Crippen LogP contribution in [0.4, 0.5) is 0 Å². The van der Waals surface area contributed by atoms with Crippen molar-refractivity contribution in [1.82, 2.24) is 0 Å². The quantitative estimate of drug-likeness (QED) is 0.426. The lowest BCUT2D eigenvalue weighted by Gasteiger charge is -2.25. The summed E-state index contributed by atoms with van der Waals surface area (Å²) in [5.74, 6) is 1.57. The third-order valence-electron chi connectivity index (χ3n) is 3.25. The van der Waals surface area contributed by atoms with E-state index in [9.17, 15) is 0 Å². The van der Waals surface area contributed by atoms with Crippen molar-refractivity contribution in [3.8, 4) is 11.5 Å². The molecule has 25 heavy (non-hydrogen) atoms. The number of hydrogen-bond donors (Lipinski definition) is 0. The molecule has 0 heterocycles. The van der Waals surface area contributed by atoms with E-state index in [-0.39, 0.29) is 0 Å². The number of para-hydroxylation sites is 2. The van der Waals surface area contributed by atoms with Crippen molar-refractivity contribution >= 4 is 9.05 Å². The minimum absolute atomic E-state index is 0.294. The summed E-state index contributed by atoms with van der Waals surface area (Å²) >= 11 is 0. The van der Waals surface area contributed by atoms with Crippen molar-refractivity contribution in [3.63, 3.8) is 0 Å². The van der Waals surface area contributed by atoms with Crippen LogP contribution in [0.2, 0.25) is 0 Å². The van der Waals surface area contributed by atoms with Crippen LogP contribution in [0.25, 0.3) is 0 Å². The molecule has 7 heteroatoms. The molecule has 0 saturated carbocycles. The summed E-state index contributed by atoms with van der Waals surface area (Å²) in [6.45, 7) is 1.33. The Labute approximate surface area is 149 Å². The Morgan fingerprint density at radius 1 is 0.600 bits per heavy atom. The molecule has 0 aromatic heterocycles. The van der Waals surface area contributed by atoms with E-state index in [1.54, 1.807) is 0 Å². The van der Waals surface area contributed by atoms with Gasteiger partial charge in [-0.3, -0.25) is 0 Å². The summed E-state index contributed by atoms with van der Waals surface area (Å²) in [4.78, 5) is 0. The SMILES string of the molecule is CO[Si](OC)(OCCOc1ccccc1)OCCOc1ccccc1. The van der Waals surface area contributed by atoms with Gasteiger partial charge in [0.05, 0.1) is 13.2 Å². The molecule has 2 aromatic rings. The monoisotopic (exact) mass is 364 g/mol. The number of benzene rings is 2. The normalized spacial score (nSPS) is 11.3. The highest BCUT2D eigenvalue weighted by Gasteiger charge is 2.43. The molecule has 6 nitrogen and oxygen atoms in total. The average Bonchev–Trinajstić information content (AvgIpc) is 2.69. The zero-order chi connectivity index (χ0) is 17.8. The van der Waals surface area contributed by atoms with Crippen LogP contribution in [-0.2, 0) is 17.7 Å². The third-order valence-corrected chi connectivity index (χ3v) is 5.36. The van der Waals surface area contributed by atoms with Crippen LogP contribution in [0.1, 0.15) is 0 Å². The molecule has 0 fully saturated rings. The fourth-order valence-corrected chi connectivity index (χ4v) is 3.43. The van der Waals surface area contributed by atoms with Gasteiger partial charge in [0.15, 0.2) is 0 Å². The largest absolute Gasteiger partial charge is 0.679 e. The lowest BCUT2D eigenvalue weighted by atomic mass is 10.3. The van der Waals surface area contributed by atoms with Crippen LogP contribution in [0, 0.1) is 0 Å². The predicted octanol–water partition coefficient (Wildman–Crippen LogP) is 2.91. The molecule has 0 spiro atoms. The molecule has 0 radical (unpaired) electrons. The van der Waals surface area contributed by atoms with Crippen LogP contribution in [0.3, 0.4) is 0 Å². The van der Waals surface area contributed by atoms with Crippen LogP contribution in [-0.4, -0.2) is 49.7 Å². The van der Waals surface area contributed by atoms with E-state index in [0.29, 0.717) is 26.4 Å². The molecule has 136 valence electrons. The summed E-state index contributed by atoms with van der Waals surface area (Å²) < 4.78 is 33.3. The van der Waals surface area contributed by atoms with Crippen LogP contribution >= 0.6 is 0 Å². The van der Waals surface area contributed by atoms with E-state index in [1.165, 1.54) is 14.2 Å². The van der Waals surface area contributed by atoms with Crippen molar-refractivity contribution in [2.75, 3.05) is 40.6 Å². The van der Waals surface area contributed by atoms with E-state index >= 15 is 0 Å². The Morgan fingerprint density at radius 3 is 1.36 bits per heavy atom. The van der Waals surface area contributed by atoms with Gasteiger partial charge in [0.1, 0.15) is 24.7 Å². The lowest BCUT2D eigenvalue weighted by molar-refractivity contribution is -0.0196. The van der Waals surface area contributed by atoms with Gasteiger partial charge >= 0.3 is 9.05 Å². The van der Waals surface area contributed by atoms with Crippen molar-refractivity contribution in [1.29, 1.82) is 0 Å². The molecule has 0 aliphatic rings. The molecule has 0 aliphatic carbocycles. The van der Waals surface area contributed by atoms with Gasteiger partial charge in [-0.2, -0.15) is 0 Å². The number of rotatable bonds is 12. The highest BCUT2D eigenvalue weighted by atomic mass is 28.4. The van der Waals surface area contributed by atoms with Gasteiger partial charge in [-0.05, 0) is 24.3 Å². The molecule has 0 bridgehead atoms. The Hall–Kier alpha value is -1.90. The molecular weight excluding hydrogens is 340 g/mol. The van der Waals surface area contributed by atoms with Gasteiger partial charge in [-0.15, -0.1) is 0 Å². The summed E-state index contributed by atoms with van der Waals surface area (Å²) in [6.07, 6.45) is 0. The van der Waals surface area contributed by atoms with E-state index in [4.69, 9.17) is 27.2 Å². The average molecular weight is 364 g/mol.